The minimum absolute atomic E-state index is 0.000903. The average molecular weight is 357 g/mol. The lowest BCUT2D eigenvalue weighted by molar-refractivity contribution is -0.130. The molecule has 2 rings (SSSR count). The fraction of sp³-hybridized carbons (Fsp3) is 0.333. The number of hydrogen-bond donors (Lipinski definition) is 3. The van der Waals surface area contributed by atoms with E-state index in [9.17, 15) is 14.4 Å². The molecule has 0 spiro atoms. The number of hydrogen-bond acceptors (Lipinski definition) is 4. The second kappa shape index (κ2) is 8.80. The number of nitrogens with one attached hydrogen (secondary N) is 2. The largest absolute Gasteiger partial charge is 0.370 e. The van der Waals surface area contributed by atoms with E-state index < -0.39 is 23.8 Å². The Bertz CT molecular complexity index is 785. The van der Waals surface area contributed by atoms with E-state index in [2.05, 4.69) is 15.7 Å². The zero-order chi connectivity index (χ0) is 19.1. The van der Waals surface area contributed by atoms with Gasteiger partial charge in [0.1, 0.15) is 6.04 Å². The Hall–Kier alpha value is -3.16. The summed E-state index contributed by atoms with van der Waals surface area (Å²) in [6.45, 7) is 2.63. The molecule has 0 unspecified atom stereocenters. The van der Waals surface area contributed by atoms with E-state index in [0.29, 0.717) is 12.2 Å². The number of aromatic nitrogens is 2. The van der Waals surface area contributed by atoms with Crippen LogP contribution in [0, 0.1) is 0 Å². The normalized spacial score (nSPS) is 11.6. The fourth-order valence-electron chi connectivity index (χ4n) is 2.63. The average Bonchev–Trinajstić information content (AvgIpc) is 3.03. The van der Waals surface area contributed by atoms with Gasteiger partial charge in [0, 0.05) is 13.6 Å². The lowest BCUT2D eigenvalue weighted by Crippen LogP contribution is -2.48. The van der Waals surface area contributed by atoms with Crippen LogP contribution in [0.5, 0.6) is 0 Å². The molecular formula is C18H23N5O3. The maximum Gasteiger partial charge on any atom is 0.242 e. The topological polar surface area (TPSA) is 119 Å². The maximum absolute atomic E-state index is 12.3. The van der Waals surface area contributed by atoms with Crippen molar-refractivity contribution < 1.29 is 14.4 Å². The lowest BCUT2D eigenvalue weighted by atomic mass is 10.1. The third-order valence-corrected chi connectivity index (χ3v) is 3.84. The first kappa shape index (κ1) is 19.2. The van der Waals surface area contributed by atoms with Gasteiger partial charge in [0.05, 0.1) is 24.2 Å². The van der Waals surface area contributed by atoms with Crippen molar-refractivity contribution in [1.82, 2.24) is 20.4 Å². The molecule has 1 aromatic carbocycles. The number of likely N-dealkylation sites (N-methyl/N-ethyl adjacent to an activating group) is 1. The first-order valence-corrected chi connectivity index (χ1v) is 8.36. The van der Waals surface area contributed by atoms with Gasteiger partial charge in [0.2, 0.25) is 17.7 Å². The number of benzene rings is 1. The predicted octanol–water partition coefficient (Wildman–Crippen LogP) is 0.219. The molecule has 26 heavy (non-hydrogen) atoms. The Morgan fingerprint density at radius 1 is 1.23 bits per heavy atom. The monoisotopic (exact) mass is 357 g/mol. The van der Waals surface area contributed by atoms with Gasteiger partial charge >= 0.3 is 0 Å². The number of amides is 3. The van der Waals surface area contributed by atoms with Gasteiger partial charge in [0.15, 0.2) is 0 Å². The molecule has 0 aliphatic heterocycles. The van der Waals surface area contributed by atoms with E-state index in [1.165, 1.54) is 7.05 Å². The molecule has 1 heterocycles. The molecule has 138 valence electrons. The van der Waals surface area contributed by atoms with Gasteiger partial charge in [-0.15, -0.1) is 0 Å². The number of rotatable bonds is 8. The van der Waals surface area contributed by atoms with Crippen LogP contribution in [0.1, 0.15) is 19.0 Å². The van der Waals surface area contributed by atoms with Crippen LogP contribution < -0.4 is 16.4 Å². The quantitative estimate of drug-likeness (QED) is 0.626. The molecule has 0 bridgehead atoms. The van der Waals surface area contributed by atoms with Crippen molar-refractivity contribution in [2.45, 2.75) is 32.4 Å². The van der Waals surface area contributed by atoms with Crippen molar-refractivity contribution in [1.29, 1.82) is 0 Å². The Morgan fingerprint density at radius 2 is 1.92 bits per heavy atom. The molecule has 1 atom stereocenters. The van der Waals surface area contributed by atoms with E-state index in [1.54, 1.807) is 0 Å². The van der Waals surface area contributed by atoms with Crippen molar-refractivity contribution in [2.75, 3.05) is 7.05 Å². The summed E-state index contributed by atoms with van der Waals surface area (Å²) >= 11 is 0. The number of aryl methyl sites for hydroxylation is 1. The minimum atomic E-state index is -0.994. The third-order valence-electron chi connectivity index (χ3n) is 3.84. The summed E-state index contributed by atoms with van der Waals surface area (Å²) < 4.78 is 1.82. The van der Waals surface area contributed by atoms with Gasteiger partial charge in [-0.05, 0) is 18.6 Å². The zero-order valence-electron chi connectivity index (χ0n) is 14.9. The highest BCUT2D eigenvalue weighted by molar-refractivity contribution is 5.91. The van der Waals surface area contributed by atoms with Crippen LogP contribution in [0.25, 0.3) is 11.3 Å². The summed E-state index contributed by atoms with van der Waals surface area (Å²) in [4.78, 5) is 35.1. The smallest absolute Gasteiger partial charge is 0.242 e. The number of carbonyl (C=O) groups is 3. The van der Waals surface area contributed by atoms with Crippen LogP contribution in [-0.4, -0.2) is 40.6 Å². The van der Waals surface area contributed by atoms with E-state index >= 15 is 0 Å². The highest BCUT2D eigenvalue weighted by Crippen LogP contribution is 2.20. The molecule has 3 amide bonds. The zero-order valence-corrected chi connectivity index (χ0v) is 14.9. The number of nitrogens with zero attached hydrogens (tertiary/aromatic N) is 2. The van der Waals surface area contributed by atoms with Crippen LogP contribution in [0.3, 0.4) is 0 Å². The van der Waals surface area contributed by atoms with Crippen molar-refractivity contribution >= 4 is 17.7 Å². The minimum Gasteiger partial charge on any atom is -0.370 e. The predicted molar refractivity (Wildman–Crippen MR) is 96.8 cm³/mol. The van der Waals surface area contributed by atoms with Crippen molar-refractivity contribution in [3.8, 4) is 11.3 Å². The second-order valence-corrected chi connectivity index (χ2v) is 5.78. The summed E-state index contributed by atoms with van der Waals surface area (Å²) in [7, 11) is 1.43. The molecule has 0 aliphatic carbocycles. The summed E-state index contributed by atoms with van der Waals surface area (Å²) in [5.41, 5.74) is 7.63. The summed E-state index contributed by atoms with van der Waals surface area (Å²) in [6.07, 6.45) is -0.261. The molecular weight excluding hydrogens is 334 g/mol. The summed E-state index contributed by atoms with van der Waals surface area (Å²) in [6, 6.07) is 10.6. The highest BCUT2D eigenvalue weighted by atomic mass is 16.2. The van der Waals surface area contributed by atoms with Crippen molar-refractivity contribution in [3.05, 3.63) is 42.1 Å². The molecule has 8 nitrogen and oxygen atoms in total. The third kappa shape index (κ3) is 4.92. The SMILES string of the molecule is CCn1nc(CC(=O)N[C@@H](CC(N)=O)C(=O)NC)cc1-c1ccccc1. The molecule has 8 heteroatoms. The number of primary amides is 1. The maximum atomic E-state index is 12.3. The van der Waals surface area contributed by atoms with Crippen molar-refractivity contribution in [2.24, 2.45) is 5.73 Å². The van der Waals surface area contributed by atoms with E-state index in [4.69, 9.17) is 5.73 Å². The first-order chi connectivity index (χ1) is 12.4. The summed E-state index contributed by atoms with van der Waals surface area (Å²) in [5, 5.41) is 9.38. The Balaban J connectivity index is 2.12. The standard InChI is InChI=1S/C18H23N5O3/c1-3-23-15(12-7-5-4-6-8-12)9-13(22-23)10-17(25)21-14(11-16(19)24)18(26)20-2/h4-9,14H,3,10-11H2,1-2H3,(H2,19,24)(H,20,26)(H,21,25)/t14-/m0/s1. The number of nitrogens with two attached hydrogens (primary N) is 1. The van der Waals surface area contributed by atoms with E-state index in [-0.39, 0.29) is 12.8 Å². The van der Waals surface area contributed by atoms with Crippen LogP contribution in [0.2, 0.25) is 0 Å². The lowest BCUT2D eigenvalue weighted by Gasteiger charge is -2.15. The second-order valence-electron chi connectivity index (χ2n) is 5.78. The van der Waals surface area contributed by atoms with Gasteiger partial charge in [-0.2, -0.15) is 5.10 Å². The van der Waals surface area contributed by atoms with Gasteiger partial charge < -0.3 is 16.4 Å². The molecule has 0 saturated carbocycles. The van der Waals surface area contributed by atoms with Crippen LogP contribution in [-0.2, 0) is 27.3 Å². The van der Waals surface area contributed by atoms with Crippen LogP contribution in [0.4, 0.5) is 0 Å². The van der Waals surface area contributed by atoms with E-state index in [0.717, 1.165) is 11.3 Å². The molecule has 4 N–H and O–H groups in total. The summed E-state index contributed by atoms with van der Waals surface area (Å²) in [5.74, 6) is -1.54. The van der Waals surface area contributed by atoms with Crippen LogP contribution in [0.15, 0.2) is 36.4 Å². The van der Waals surface area contributed by atoms with Crippen molar-refractivity contribution in [3.63, 3.8) is 0 Å². The van der Waals surface area contributed by atoms with Crippen LogP contribution >= 0.6 is 0 Å². The molecule has 0 fully saturated rings. The molecule has 2 aromatic rings. The number of carbonyl (C=O) groups excluding carboxylic acids is 3. The van der Waals surface area contributed by atoms with Gasteiger partial charge in [-0.3, -0.25) is 19.1 Å². The van der Waals surface area contributed by atoms with Gasteiger partial charge in [-0.1, -0.05) is 30.3 Å². The fourth-order valence-corrected chi connectivity index (χ4v) is 2.63. The van der Waals surface area contributed by atoms with Gasteiger partial charge in [0.25, 0.3) is 0 Å². The molecule has 1 aromatic heterocycles. The highest BCUT2D eigenvalue weighted by Gasteiger charge is 2.22. The van der Waals surface area contributed by atoms with Gasteiger partial charge in [-0.25, -0.2) is 0 Å². The molecule has 0 aliphatic rings. The Morgan fingerprint density at radius 3 is 2.50 bits per heavy atom. The first-order valence-electron chi connectivity index (χ1n) is 8.36. The Kier molecular flexibility index (Phi) is 6.48. The molecule has 0 saturated heterocycles. The van der Waals surface area contributed by atoms with E-state index in [1.807, 2.05) is 48.0 Å². The Labute approximate surface area is 151 Å². The molecule has 0 radical (unpaired) electrons.